The third-order valence-corrected chi connectivity index (χ3v) is 3.15. The van der Waals surface area contributed by atoms with Gasteiger partial charge >= 0.3 is 0 Å². The van der Waals surface area contributed by atoms with E-state index in [2.05, 4.69) is 11.9 Å². The summed E-state index contributed by atoms with van der Waals surface area (Å²) in [5.74, 6) is -0.179. The molecule has 1 rings (SSSR count). The zero-order valence-electron chi connectivity index (χ0n) is 9.40. The molecule has 1 atom stereocenters. The van der Waals surface area contributed by atoms with Crippen molar-refractivity contribution < 1.29 is 4.79 Å². The molecule has 1 fully saturated rings. The average molecular weight is 229 g/mol. The van der Waals surface area contributed by atoms with Crippen LogP contribution in [0.15, 0.2) is 0 Å². The highest BCUT2D eigenvalue weighted by Crippen LogP contribution is 2.10. The number of rotatable bonds is 3. The third-order valence-electron chi connectivity index (χ3n) is 2.86. The first kappa shape index (κ1) is 12.4. The van der Waals surface area contributed by atoms with Gasteiger partial charge in [-0.1, -0.05) is 19.1 Å². The van der Waals surface area contributed by atoms with Crippen LogP contribution in [-0.4, -0.2) is 53.9 Å². The third kappa shape index (κ3) is 3.14. The van der Waals surface area contributed by atoms with E-state index in [9.17, 15) is 4.79 Å². The molecule has 1 heterocycles. The summed E-state index contributed by atoms with van der Waals surface area (Å²) in [5, 5.41) is 0. The number of hydrogen-bond acceptors (Lipinski definition) is 3. The van der Waals surface area contributed by atoms with E-state index in [-0.39, 0.29) is 11.8 Å². The van der Waals surface area contributed by atoms with Gasteiger partial charge in [-0.25, -0.2) is 0 Å². The molecular formula is C10H19N3OS. The molecule has 0 aromatic carbocycles. The summed E-state index contributed by atoms with van der Waals surface area (Å²) in [7, 11) is 2.06. The lowest BCUT2D eigenvalue weighted by Gasteiger charge is -2.34. The zero-order chi connectivity index (χ0) is 11.4. The van der Waals surface area contributed by atoms with Gasteiger partial charge < -0.3 is 15.5 Å². The van der Waals surface area contributed by atoms with Crippen LogP contribution in [-0.2, 0) is 4.79 Å². The number of amides is 1. The predicted molar refractivity (Wildman–Crippen MR) is 64.6 cm³/mol. The molecule has 1 saturated heterocycles. The van der Waals surface area contributed by atoms with E-state index >= 15 is 0 Å². The first-order valence-corrected chi connectivity index (χ1v) is 5.73. The van der Waals surface area contributed by atoms with Crippen molar-refractivity contribution in [3.8, 4) is 0 Å². The SMILES string of the molecule is CCC(C(=O)N1CCN(C)CC1)C(N)=S. The van der Waals surface area contributed by atoms with Gasteiger partial charge in [-0.15, -0.1) is 0 Å². The highest BCUT2D eigenvalue weighted by molar-refractivity contribution is 7.80. The number of carbonyl (C=O) groups excluding carboxylic acids is 1. The van der Waals surface area contributed by atoms with Gasteiger partial charge in [-0.05, 0) is 13.5 Å². The van der Waals surface area contributed by atoms with Crippen LogP contribution in [0.2, 0.25) is 0 Å². The molecule has 0 radical (unpaired) electrons. The minimum atomic E-state index is -0.275. The Hall–Kier alpha value is -0.680. The van der Waals surface area contributed by atoms with Crippen molar-refractivity contribution >= 4 is 23.1 Å². The smallest absolute Gasteiger partial charge is 0.232 e. The summed E-state index contributed by atoms with van der Waals surface area (Å²) in [6.07, 6.45) is 0.695. The molecule has 1 aliphatic rings. The van der Waals surface area contributed by atoms with Crippen molar-refractivity contribution in [2.24, 2.45) is 11.7 Å². The van der Waals surface area contributed by atoms with Crippen molar-refractivity contribution in [3.05, 3.63) is 0 Å². The lowest BCUT2D eigenvalue weighted by atomic mass is 10.0. The van der Waals surface area contributed by atoms with Crippen LogP contribution in [0.5, 0.6) is 0 Å². The van der Waals surface area contributed by atoms with E-state index in [0.717, 1.165) is 26.2 Å². The number of carbonyl (C=O) groups is 1. The van der Waals surface area contributed by atoms with E-state index in [0.29, 0.717) is 11.4 Å². The van der Waals surface area contributed by atoms with Gasteiger partial charge in [0.2, 0.25) is 5.91 Å². The lowest BCUT2D eigenvalue weighted by molar-refractivity contribution is -0.134. The number of piperazine rings is 1. The van der Waals surface area contributed by atoms with E-state index in [1.54, 1.807) is 0 Å². The lowest BCUT2D eigenvalue weighted by Crippen LogP contribution is -2.50. The Labute approximate surface area is 96.4 Å². The topological polar surface area (TPSA) is 49.6 Å². The Kier molecular flexibility index (Phi) is 4.47. The molecule has 5 heteroatoms. The molecule has 1 unspecified atom stereocenters. The molecule has 0 aromatic rings. The number of nitrogens with two attached hydrogens (primary N) is 1. The fraction of sp³-hybridized carbons (Fsp3) is 0.800. The van der Waals surface area contributed by atoms with Gasteiger partial charge in [0.1, 0.15) is 0 Å². The van der Waals surface area contributed by atoms with Crippen molar-refractivity contribution in [1.82, 2.24) is 9.80 Å². The van der Waals surface area contributed by atoms with Crippen molar-refractivity contribution in [3.63, 3.8) is 0 Å². The summed E-state index contributed by atoms with van der Waals surface area (Å²) < 4.78 is 0. The van der Waals surface area contributed by atoms with E-state index in [1.807, 2.05) is 11.8 Å². The minimum Gasteiger partial charge on any atom is -0.393 e. The molecule has 2 N–H and O–H groups in total. The first-order chi connectivity index (χ1) is 7.06. The Bertz CT molecular complexity index is 249. The Balaban J connectivity index is 2.55. The molecule has 0 spiro atoms. The number of nitrogens with zero attached hydrogens (tertiary/aromatic N) is 2. The molecule has 15 heavy (non-hydrogen) atoms. The van der Waals surface area contributed by atoms with Crippen LogP contribution >= 0.6 is 12.2 Å². The van der Waals surface area contributed by atoms with Crippen molar-refractivity contribution in [2.75, 3.05) is 33.2 Å². The molecule has 0 bridgehead atoms. The summed E-state index contributed by atoms with van der Waals surface area (Å²) >= 11 is 4.90. The normalized spacial score (nSPS) is 20.0. The van der Waals surface area contributed by atoms with E-state index in [1.165, 1.54) is 0 Å². The minimum absolute atomic E-state index is 0.0955. The number of hydrogen-bond donors (Lipinski definition) is 1. The van der Waals surface area contributed by atoms with E-state index in [4.69, 9.17) is 18.0 Å². The maximum absolute atomic E-state index is 12.0. The molecule has 4 nitrogen and oxygen atoms in total. The first-order valence-electron chi connectivity index (χ1n) is 5.33. The second-order valence-electron chi connectivity index (χ2n) is 3.99. The fourth-order valence-corrected chi connectivity index (χ4v) is 2.01. The highest BCUT2D eigenvalue weighted by Gasteiger charge is 2.26. The number of thiocarbonyl (C=S) groups is 1. The largest absolute Gasteiger partial charge is 0.393 e. The van der Waals surface area contributed by atoms with Crippen LogP contribution in [0, 0.1) is 5.92 Å². The molecule has 86 valence electrons. The van der Waals surface area contributed by atoms with Crippen molar-refractivity contribution in [2.45, 2.75) is 13.3 Å². The summed E-state index contributed by atoms with van der Waals surface area (Å²) in [6, 6.07) is 0. The van der Waals surface area contributed by atoms with Gasteiger partial charge in [0, 0.05) is 26.2 Å². The van der Waals surface area contributed by atoms with Crippen LogP contribution in [0.1, 0.15) is 13.3 Å². The van der Waals surface area contributed by atoms with E-state index < -0.39 is 0 Å². The quantitative estimate of drug-likeness (QED) is 0.696. The highest BCUT2D eigenvalue weighted by atomic mass is 32.1. The summed E-state index contributed by atoms with van der Waals surface area (Å²) in [6.45, 7) is 5.37. The number of likely N-dealkylation sites (N-methyl/N-ethyl adjacent to an activating group) is 1. The van der Waals surface area contributed by atoms with Gasteiger partial charge in [0.05, 0.1) is 10.9 Å². The molecule has 0 aromatic heterocycles. The Morgan fingerprint density at radius 2 is 1.93 bits per heavy atom. The van der Waals surface area contributed by atoms with Gasteiger partial charge in [0.25, 0.3) is 0 Å². The summed E-state index contributed by atoms with van der Waals surface area (Å²) in [4.78, 5) is 16.4. The van der Waals surface area contributed by atoms with Crippen LogP contribution < -0.4 is 5.73 Å². The Morgan fingerprint density at radius 3 is 2.33 bits per heavy atom. The van der Waals surface area contributed by atoms with Crippen LogP contribution in [0.4, 0.5) is 0 Å². The zero-order valence-corrected chi connectivity index (χ0v) is 10.2. The van der Waals surface area contributed by atoms with Gasteiger partial charge in [-0.2, -0.15) is 0 Å². The summed E-state index contributed by atoms with van der Waals surface area (Å²) in [5.41, 5.74) is 5.56. The molecule has 0 aliphatic carbocycles. The van der Waals surface area contributed by atoms with Crippen LogP contribution in [0.25, 0.3) is 0 Å². The second kappa shape index (κ2) is 5.42. The average Bonchev–Trinajstić information content (AvgIpc) is 2.19. The molecule has 1 aliphatic heterocycles. The second-order valence-corrected chi connectivity index (χ2v) is 4.46. The Morgan fingerprint density at radius 1 is 1.40 bits per heavy atom. The fourth-order valence-electron chi connectivity index (χ4n) is 1.74. The van der Waals surface area contributed by atoms with Gasteiger partial charge in [0.15, 0.2) is 0 Å². The molecular weight excluding hydrogens is 210 g/mol. The van der Waals surface area contributed by atoms with Gasteiger partial charge in [-0.3, -0.25) is 4.79 Å². The molecule has 1 amide bonds. The van der Waals surface area contributed by atoms with Crippen molar-refractivity contribution in [1.29, 1.82) is 0 Å². The maximum Gasteiger partial charge on any atom is 0.232 e. The maximum atomic E-state index is 12.0. The standard InChI is InChI=1S/C10H19N3OS/c1-3-8(9(11)15)10(14)13-6-4-12(2)5-7-13/h8H,3-7H2,1-2H3,(H2,11,15). The molecule has 0 saturated carbocycles. The monoisotopic (exact) mass is 229 g/mol. The predicted octanol–water partition coefficient (Wildman–Crippen LogP) is 0.0727. The van der Waals surface area contributed by atoms with Crippen LogP contribution in [0.3, 0.4) is 0 Å².